The Bertz CT molecular complexity index is 636. The minimum absolute atomic E-state index is 0.0533. The number of carboxylic acid groups (broad SMARTS) is 1. The summed E-state index contributed by atoms with van der Waals surface area (Å²) < 4.78 is 0. The molecule has 3 amide bonds. The van der Waals surface area contributed by atoms with Gasteiger partial charge in [0.1, 0.15) is 12.1 Å². The van der Waals surface area contributed by atoms with E-state index in [-0.39, 0.29) is 18.7 Å². The number of carbonyl (C=O) groups is 4. The van der Waals surface area contributed by atoms with E-state index < -0.39 is 41.8 Å². The fourth-order valence-electron chi connectivity index (χ4n) is 1.86. The highest BCUT2D eigenvalue weighted by atomic mass is 32.1. The minimum Gasteiger partial charge on any atom is -0.480 e. The van der Waals surface area contributed by atoms with Crippen LogP contribution in [-0.4, -0.2) is 69.2 Å². The molecule has 0 radical (unpaired) electrons. The van der Waals surface area contributed by atoms with Gasteiger partial charge < -0.3 is 31.8 Å². The molecule has 1 aromatic rings. The molecule has 0 aromatic carbocycles. The van der Waals surface area contributed by atoms with Crippen molar-refractivity contribution in [3.63, 3.8) is 0 Å². The van der Waals surface area contributed by atoms with Gasteiger partial charge in [0.05, 0.1) is 18.9 Å². The molecule has 0 aliphatic carbocycles. The lowest BCUT2D eigenvalue weighted by Crippen LogP contribution is -2.54. The van der Waals surface area contributed by atoms with Crippen molar-refractivity contribution in [3.8, 4) is 0 Å². The SMILES string of the molecule is CC(N)C(=O)NCC(=O)NC(Cc1cnc[nH]1)C(=O)NC(CS)C(=O)O. The van der Waals surface area contributed by atoms with Crippen molar-refractivity contribution in [2.24, 2.45) is 5.73 Å². The van der Waals surface area contributed by atoms with E-state index in [9.17, 15) is 19.2 Å². The quantitative estimate of drug-likeness (QED) is 0.215. The number of nitrogens with two attached hydrogens (primary N) is 1. The molecule has 1 rings (SSSR count). The summed E-state index contributed by atoms with van der Waals surface area (Å²) >= 11 is 3.87. The molecule has 0 aliphatic rings. The van der Waals surface area contributed by atoms with Crippen LogP contribution in [0.1, 0.15) is 12.6 Å². The molecule has 0 spiro atoms. The first kappa shape index (κ1) is 21.4. The molecule has 0 saturated carbocycles. The van der Waals surface area contributed by atoms with Crippen molar-refractivity contribution in [3.05, 3.63) is 18.2 Å². The number of nitrogens with zero attached hydrogens (tertiary/aromatic N) is 1. The van der Waals surface area contributed by atoms with Crippen LogP contribution in [0.2, 0.25) is 0 Å². The topological polar surface area (TPSA) is 179 Å². The largest absolute Gasteiger partial charge is 0.480 e. The number of thiol groups is 1. The number of H-pyrrole nitrogens is 1. The smallest absolute Gasteiger partial charge is 0.327 e. The van der Waals surface area contributed by atoms with E-state index in [1.165, 1.54) is 19.4 Å². The number of hydrogen-bond donors (Lipinski definition) is 7. The summed E-state index contributed by atoms with van der Waals surface area (Å²) in [6.07, 6.45) is 2.93. The lowest BCUT2D eigenvalue weighted by atomic mass is 10.1. The molecular formula is C14H22N6O5S. The van der Waals surface area contributed by atoms with Crippen LogP contribution >= 0.6 is 12.6 Å². The maximum atomic E-state index is 12.4. The Hall–Kier alpha value is -2.60. The zero-order valence-corrected chi connectivity index (χ0v) is 15.0. The van der Waals surface area contributed by atoms with Crippen molar-refractivity contribution >= 4 is 36.3 Å². The van der Waals surface area contributed by atoms with Gasteiger partial charge in [-0.3, -0.25) is 14.4 Å². The standard InChI is InChI=1S/C14H22N6O5S/c1-7(15)12(22)17-4-11(21)19-9(2-8-3-16-6-18-8)13(23)20-10(5-26)14(24)25/h3,6-7,9-10,26H,2,4-5,15H2,1H3,(H,16,18)(H,17,22)(H,19,21)(H,20,23)(H,24,25). The highest BCUT2D eigenvalue weighted by Gasteiger charge is 2.26. The molecule has 3 unspecified atom stereocenters. The Morgan fingerprint density at radius 1 is 1.27 bits per heavy atom. The molecule has 26 heavy (non-hydrogen) atoms. The first-order chi connectivity index (χ1) is 12.2. The highest BCUT2D eigenvalue weighted by molar-refractivity contribution is 7.80. The third-order valence-corrected chi connectivity index (χ3v) is 3.63. The van der Waals surface area contributed by atoms with Crippen LogP contribution in [0.15, 0.2) is 12.5 Å². The Morgan fingerprint density at radius 3 is 2.46 bits per heavy atom. The average Bonchev–Trinajstić information content (AvgIpc) is 3.09. The molecule has 0 bridgehead atoms. The van der Waals surface area contributed by atoms with Gasteiger partial charge in [-0.15, -0.1) is 0 Å². The van der Waals surface area contributed by atoms with Crippen LogP contribution < -0.4 is 21.7 Å². The maximum absolute atomic E-state index is 12.4. The Balaban J connectivity index is 2.74. The van der Waals surface area contributed by atoms with Gasteiger partial charge in [-0.2, -0.15) is 12.6 Å². The summed E-state index contributed by atoms with van der Waals surface area (Å²) in [5.41, 5.74) is 5.94. The molecule has 7 N–H and O–H groups in total. The summed E-state index contributed by atoms with van der Waals surface area (Å²) in [7, 11) is 0. The van der Waals surface area contributed by atoms with Crippen molar-refractivity contribution in [2.45, 2.75) is 31.5 Å². The molecule has 0 saturated heterocycles. The predicted molar refractivity (Wildman–Crippen MR) is 94.3 cm³/mol. The fraction of sp³-hybridized carbons (Fsp3) is 0.500. The van der Waals surface area contributed by atoms with Gasteiger partial charge in [-0.05, 0) is 6.92 Å². The summed E-state index contributed by atoms with van der Waals surface area (Å²) in [5, 5.41) is 16.1. The third kappa shape index (κ3) is 7.11. The van der Waals surface area contributed by atoms with Crippen LogP contribution in [0.4, 0.5) is 0 Å². The lowest BCUT2D eigenvalue weighted by Gasteiger charge is -2.20. The van der Waals surface area contributed by atoms with Crippen LogP contribution in [0.5, 0.6) is 0 Å². The van der Waals surface area contributed by atoms with Gasteiger partial charge in [-0.1, -0.05) is 0 Å². The highest BCUT2D eigenvalue weighted by Crippen LogP contribution is 2.00. The normalized spacial score (nSPS) is 14.0. The van der Waals surface area contributed by atoms with Crippen molar-refractivity contribution in [1.82, 2.24) is 25.9 Å². The summed E-state index contributed by atoms with van der Waals surface area (Å²) in [4.78, 5) is 53.4. The molecule has 11 nitrogen and oxygen atoms in total. The first-order valence-electron chi connectivity index (χ1n) is 7.68. The second-order valence-corrected chi connectivity index (χ2v) is 5.85. The van der Waals surface area contributed by atoms with E-state index in [0.29, 0.717) is 5.69 Å². The van der Waals surface area contributed by atoms with Crippen LogP contribution in [0, 0.1) is 0 Å². The van der Waals surface area contributed by atoms with E-state index in [2.05, 4.69) is 38.5 Å². The summed E-state index contributed by atoms with van der Waals surface area (Å²) in [6, 6.07) is -3.06. The van der Waals surface area contributed by atoms with Gasteiger partial charge in [0.25, 0.3) is 0 Å². The van der Waals surface area contributed by atoms with E-state index in [1.807, 2.05) is 0 Å². The number of aromatic nitrogens is 2. The average molecular weight is 386 g/mol. The van der Waals surface area contributed by atoms with Crippen LogP contribution in [0.3, 0.4) is 0 Å². The minimum atomic E-state index is -1.25. The molecular weight excluding hydrogens is 364 g/mol. The zero-order valence-electron chi connectivity index (χ0n) is 14.1. The Kier molecular flexibility index (Phi) is 8.58. The Labute approximate surface area is 154 Å². The molecule has 144 valence electrons. The first-order valence-corrected chi connectivity index (χ1v) is 8.31. The second-order valence-electron chi connectivity index (χ2n) is 5.49. The lowest BCUT2D eigenvalue weighted by molar-refractivity contribution is -0.141. The number of aliphatic carboxylic acids is 1. The van der Waals surface area contributed by atoms with Crippen molar-refractivity contribution in [1.29, 1.82) is 0 Å². The molecule has 3 atom stereocenters. The number of rotatable bonds is 10. The number of imidazole rings is 1. The van der Waals surface area contributed by atoms with Crippen molar-refractivity contribution in [2.75, 3.05) is 12.3 Å². The summed E-state index contributed by atoms with van der Waals surface area (Å²) in [5.74, 6) is -3.21. The monoisotopic (exact) mass is 386 g/mol. The molecule has 12 heteroatoms. The molecule has 0 fully saturated rings. The maximum Gasteiger partial charge on any atom is 0.327 e. The zero-order chi connectivity index (χ0) is 19.7. The number of carboxylic acids is 1. The molecule has 1 heterocycles. The van der Waals surface area contributed by atoms with Crippen LogP contribution in [-0.2, 0) is 25.6 Å². The number of carbonyl (C=O) groups excluding carboxylic acids is 3. The van der Waals surface area contributed by atoms with Crippen molar-refractivity contribution < 1.29 is 24.3 Å². The number of hydrogen-bond acceptors (Lipinski definition) is 7. The number of nitrogens with one attached hydrogen (secondary N) is 4. The Morgan fingerprint density at radius 2 is 1.96 bits per heavy atom. The molecule has 1 aromatic heterocycles. The van der Waals surface area contributed by atoms with Crippen LogP contribution in [0.25, 0.3) is 0 Å². The van der Waals surface area contributed by atoms with Gasteiger partial charge in [0.2, 0.25) is 17.7 Å². The third-order valence-electron chi connectivity index (χ3n) is 3.26. The van der Waals surface area contributed by atoms with Gasteiger partial charge in [0, 0.05) is 24.1 Å². The fourth-order valence-corrected chi connectivity index (χ4v) is 2.10. The van der Waals surface area contributed by atoms with E-state index in [4.69, 9.17) is 10.8 Å². The van der Waals surface area contributed by atoms with Gasteiger partial charge >= 0.3 is 5.97 Å². The molecule has 0 aliphatic heterocycles. The predicted octanol–water partition coefficient (Wildman–Crippen LogP) is -2.60. The van der Waals surface area contributed by atoms with Gasteiger partial charge in [0.15, 0.2) is 0 Å². The number of amides is 3. The summed E-state index contributed by atoms with van der Waals surface area (Å²) in [6.45, 7) is 1.09. The second kappa shape index (κ2) is 10.4. The van der Waals surface area contributed by atoms with E-state index in [0.717, 1.165) is 0 Å². The number of aromatic amines is 1. The van der Waals surface area contributed by atoms with E-state index >= 15 is 0 Å². The van der Waals surface area contributed by atoms with E-state index in [1.54, 1.807) is 0 Å². The van der Waals surface area contributed by atoms with Gasteiger partial charge in [-0.25, -0.2) is 9.78 Å².